The van der Waals surface area contributed by atoms with Crippen LogP contribution < -0.4 is 10.6 Å². The van der Waals surface area contributed by atoms with E-state index in [2.05, 4.69) is 20.8 Å². The van der Waals surface area contributed by atoms with Gasteiger partial charge in [0, 0.05) is 19.7 Å². The molecular weight excluding hydrogens is 279 g/mol. The molecular formula is C10H14Cl2N4O2. The van der Waals surface area contributed by atoms with Gasteiger partial charge in [-0.2, -0.15) is 0 Å². The molecule has 1 heterocycles. The molecule has 1 aromatic heterocycles. The molecule has 0 aliphatic heterocycles. The Hall–Kier alpha value is -1.11. The summed E-state index contributed by atoms with van der Waals surface area (Å²) >= 11 is 11.5. The van der Waals surface area contributed by atoms with Gasteiger partial charge in [0.2, 0.25) is 5.91 Å². The van der Waals surface area contributed by atoms with Crippen molar-refractivity contribution in [1.29, 1.82) is 0 Å². The largest absolute Gasteiger partial charge is 0.383 e. The van der Waals surface area contributed by atoms with Crippen molar-refractivity contribution in [2.24, 2.45) is 0 Å². The zero-order valence-corrected chi connectivity index (χ0v) is 11.5. The zero-order valence-electron chi connectivity index (χ0n) is 10.0. The Labute approximate surface area is 115 Å². The highest BCUT2D eigenvalue weighted by atomic mass is 35.5. The number of hydrogen-bond donors (Lipinski definition) is 2. The highest BCUT2D eigenvalue weighted by molar-refractivity contribution is 6.33. The van der Waals surface area contributed by atoms with Crippen LogP contribution in [0.15, 0.2) is 6.07 Å². The molecule has 0 bridgehead atoms. The number of anilines is 1. The smallest absolute Gasteiger partial charge is 0.242 e. The van der Waals surface area contributed by atoms with Crippen LogP contribution in [0, 0.1) is 0 Å². The monoisotopic (exact) mass is 292 g/mol. The normalized spacial score (nSPS) is 12.0. The molecule has 0 aliphatic rings. The minimum atomic E-state index is -0.473. The van der Waals surface area contributed by atoms with Crippen molar-refractivity contribution < 1.29 is 9.53 Å². The summed E-state index contributed by atoms with van der Waals surface area (Å²) in [6.45, 7) is 2.61. The second-order valence-corrected chi connectivity index (χ2v) is 4.27. The van der Waals surface area contributed by atoms with Crippen LogP contribution in [0.5, 0.6) is 0 Å². The Kier molecular flexibility index (Phi) is 6.11. The number of amides is 1. The van der Waals surface area contributed by atoms with Gasteiger partial charge in [-0.15, -0.1) is 10.2 Å². The van der Waals surface area contributed by atoms with Gasteiger partial charge < -0.3 is 15.4 Å². The third-order valence-corrected chi connectivity index (χ3v) is 2.55. The van der Waals surface area contributed by atoms with Crippen LogP contribution in [0.25, 0.3) is 0 Å². The van der Waals surface area contributed by atoms with E-state index >= 15 is 0 Å². The van der Waals surface area contributed by atoms with Gasteiger partial charge in [0.1, 0.15) is 6.04 Å². The van der Waals surface area contributed by atoms with Crippen molar-refractivity contribution in [1.82, 2.24) is 15.5 Å². The van der Waals surface area contributed by atoms with Crippen LogP contribution >= 0.6 is 23.2 Å². The van der Waals surface area contributed by atoms with Crippen LogP contribution in [0.1, 0.15) is 6.92 Å². The lowest BCUT2D eigenvalue weighted by Gasteiger charge is -2.15. The number of nitrogens with one attached hydrogen (secondary N) is 2. The van der Waals surface area contributed by atoms with Gasteiger partial charge in [-0.1, -0.05) is 23.2 Å². The minimum Gasteiger partial charge on any atom is -0.383 e. The number of ether oxygens (including phenoxy) is 1. The number of methoxy groups -OCH3 is 1. The molecule has 1 unspecified atom stereocenters. The van der Waals surface area contributed by atoms with Gasteiger partial charge in [-0.3, -0.25) is 4.79 Å². The lowest BCUT2D eigenvalue weighted by Crippen LogP contribution is -2.39. The van der Waals surface area contributed by atoms with Crippen molar-refractivity contribution in [2.75, 3.05) is 25.6 Å². The Morgan fingerprint density at radius 3 is 2.89 bits per heavy atom. The molecule has 1 aromatic rings. The summed E-state index contributed by atoms with van der Waals surface area (Å²) < 4.78 is 4.83. The Morgan fingerprint density at radius 1 is 1.50 bits per heavy atom. The molecule has 1 atom stereocenters. The molecule has 1 rings (SSSR count). The number of halogens is 2. The van der Waals surface area contributed by atoms with Gasteiger partial charge in [0.05, 0.1) is 12.3 Å². The first-order chi connectivity index (χ1) is 8.54. The summed E-state index contributed by atoms with van der Waals surface area (Å²) in [6, 6.07) is 1.04. The van der Waals surface area contributed by atoms with E-state index in [9.17, 15) is 4.79 Å². The topological polar surface area (TPSA) is 76.1 Å². The van der Waals surface area contributed by atoms with E-state index in [0.717, 1.165) is 0 Å². The molecule has 18 heavy (non-hydrogen) atoms. The second kappa shape index (κ2) is 7.35. The molecule has 0 spiro atoms. The molecule has 100 valence electrons. The zero-order chi connectivity index (χ0) is 13.5. The fraction of sp³-hybridized carbons (Fsp3) is 0.500. The molecule has 0 aromatic carbocycles. The quantitative estimate of drug-likeness (QED) is 0.774. The maximum atomic E-state index is 11.7. The average Bonchev–Trinajstić information content (AvgIpc) is 2.34. The summed E-state index contributed by atoms with van der Waals surface area (Å²) in [5, 5.41) is 13.2. The lowest BCUT2D eigenvalue weighted by molar-refractivity contribution is -0.121. The first kappa shape index (κ1) is 14.9. The molecule has 0 saturated heterocycles. The summed E-state index contributed by atoms with van der Waals surface area (Å²) in [5.41, 5.74) is 0.464. The number of hydrogen-bond acceptors (Lipinski definition) is 5. The predicted octanol–water partition coefficient (Wildman–Crippen LogP) is 1.35. The van der Waals surface area contributed by atoms with E-state index in [1.165, 1.54) is 6.07 Å². The van der Waals surface area contributed by atoms with Gasteiger partial charge in [-0.05, 0) is 6.92 Å². The number of nitrogens with zero attached hydrogens (tertiary/aromatic N) is 2. The third-order valence-electron chi connectivity index (χ3n) is 2.09. The van der Waals surface area contributed by atoms with Crippen LogP contribution in [-0.4, -0.2) is 42.4 Å². The van der Waals surface area contributed by atoms with E-state index < -0.39 is 6.04 Å². The Morgan fingerprint density at radius 2 is 2.22 bits per heavy atom. The maximum absolute atomic E-state index is 11.7. The van der Waals surface area contributed by atoms with Gasteiger partial charge in [-0.25, -0.2) is 0 Å². The summed E-state index contributed by atoms with van der Waals surface area (Å²) in [6.07, 6.45) is 0. The summed E-state index contributed by atoms with van der Waals surface area (Å²) in [7, 11) is 1.57. The van der Waals surface area contributed by atoms with E-state index in [1.54, 1.807) is 14.0 Å². The molecule has 6 nitrogen and oxygen atoms in total. The summed E-state index contributed by atoms with van der Waals surface area (Å²) in [5.74, 6) is -0.170. The SMILES string of the molecule is COCCNC(=O)C(C)Nc1cc(Cl)nnc1Cl. The standard InChI is InChI=1S/C10H14Cl2N4O2/c1-6(10(17)13-3-4-18-2)14-7-5-8(11)15-16-9(7)12/h5-6H,3-4H2,1-2H3,(H,13,17)(H,14,15). The number of carbonyl (C=O) groups excluding carboxylic acids is 1. The molecule has 2 N–H and O–H groups in total. The predicted molar refractivity (Wildman–Crippen MR) is 70.0 cm³/mol. The van der Waals surface area contributed by atoms with E-state index in [-0.39, 0.29) is 16.2 Å². The minimum absolute atomic E-state index is 0.163. The van der Waals surface area contributed by atoms with Crippen molar-refractivity contribution in [3.8, 4) is 0 Å². The molecule has 0 fully saturated rings. The van der Waals surface area contributed by atoms with Crippen LogP contribution in [0.4, 0.5) is 5.69 Å². The molecule has 0 saturated carbocycles. The van der Waals surface area contributed by atoms with E-state index in [4.69, 9.17) is 27.9 Å². The van der Waals surface area contributed by atoms with E-state index in [1.807, 2.05) is 0 Å². The van der Waals surface area contributed by atoms with E-state index in [0.29, 0.717) is 18.8 Å². The molecule has 1 amide bonds. The second-order valence-electron chi connectivity index (χ2n) is 3.52. The number of aromatic nitrogens is 2. The molecule has 0 radical (unpaired) electrons. The fourth-order valence-corrected chi connectivity index (χ4v) is 1.48. The highest BCUT2D eigenvalue weighted by Gasteiger charge is 2.14. The van der Waals surface area contributed by atoms with Gasteiger partial charge >= 0.3 is 0 Å². The molecule has 0 aliphatic carbocycles. The first-order valence-corrected chi connectivity index (χ1v) is 6.02. The van der Waals surface area contributed by atoms with Gasteiger partial charge in [0.25, 0.3) is 0 Å². The van der Waals surface area contributed by atoms with Crippen LogP contribution in [0.3, 0.4) is 0 Å². The summed E-state index contributed by atoms with van der Waals surface area (Å²) in [4.78, 5) is 11.7. The first-order valence-electron chi connectivity index (χ1n) is 5.26. The average molecular weight is 293 g/mol. The highest BCUT2D eigenvalue weighted by Crippen LogP contribution is 2.21. The number of carbonyl (C=O) groups is 1. The van der Waals surface area contributed by atoms with Crippen molar-refractivity contribution in [3.05, 3.63) is 16.4 Å². The van der Waals surface area contributed by atoms with Crippen LogP contribution in [-0.2, 0) is 9.53 Å². The molecule has 8 heteroatoms. The maximum Gasteiger partial charge on any atom is 0.242 e. The lowest BCUT2D eigenvalue weighted by atomic mass is 10.3. The van der Waals surface area contributed by atoms with Crippen molar-refractivity contribution in [2.45, 2.75) is 13.0 Å². The fourth-order valence-electron chi connectivity index (χ4n) is 1.18. The Balaban J connectivity index is 2.55. The Bertz CT molecular complexity index is 417. The van der Waals surface area contributed by atoms with Crippen molar-refractivity contribution in [3.63, 3.8) is 0 Å². The number of rotatable bonds is 6. The van der Waals surface area contributed by atoms with Gasteiger partial charge in [0.15, 0.2) is 10.3 Å². The van der Waals surface area contributed by atoms with Crippen LogP contribution in [0.2, 0.25) is 10.3 Å². The third kappa shape index (κ3) is 4.64. The van der Waals surface area contributed by atoms with Crippen molar-refractivity contribution >= 4 is 34.8 Å².